The van der Waals surface area contributed by atoms with E-state index in [2.05, 4.69) is 10.2 Å². The molecule has 1 N–H and O–H groups in total. The standard InChI is InChI=1S/C20H24N2O3/c1-16-5-7-18(8-6-16)25-19-4-2-3-17(15-19)20(23)21-9-10-22-11-13-24-14-12-22/h2-8,15H,9-14H2,1H3,(H,21,23). The first-order valence-electron chi connectivity index (χ1n) is 8.63. The Labute approximate surface area is 148 Å². The third kappa shape index (κ3) is 5.31. The normalized spacial score (nSPS) is 14.9. The molecular weight excluding hydrogens is 316 g/mol. The smallest absolute Gasteiger partial charge is 0.251 e. The molecule has 1 aliphatic rings. The van der Waals surface area contributed by atoms with Crippen molar-refractivity contribution in [1.82, 2.24) is 10.2 Å². The number of amides is 1. The maximum atomic E-state index is 12.3. The van der Waals surface area contributed by atoms with Crippen LogP contribution in [0, 0.1) is 6.92 Å². The van der Waals surface area contributed by atoms with Crippen LogP contribution in [0.4, 0.5) is 0 Å². The number of benzene rings is 2. The van der Waals surface area contributed by atoms with Crippen molar-refractivity contribution in [2.24, 2.45) is 0 Å². The summed E-state index contributed by atoms with van der Waals surface area (Å²) in [5.41, 5.74) is 1.78. The monoisotopic (exact) mass is 340 g/mol. The number of carbonyl (C=O) groups is 1. The second-order valence-electron chi connectivity index (χ2n) is 6.15. The molecule has 1 fully saturated rings. The summed E-state index contributed by atoms with van der Waals surface area (Å²) in [5, 5.41) is 2.97. The van der Waals surface area contributed by atoms with E-state index in [1.165, 1.54) is 5.56 Å². The lowest BCUT2D eigenvalue weighted by Gasteiger charge is -2.26. The Morgan fingerprint density at radius 1 is 1.12 bits per heavy atom. The van der Waals surface area contributed by atoms with Gasteiger partial charge in [0.05, 0.1) is 13.2 Å². The van der Waals surface area contributed by atoms with Crippen molar-refractivity contribution in [3.8, 4) is 11.5 Å². The molecule has 3 rings (SSSR count). The Hall–Kier alpha value is -2.37. The van der Waals surface area contributed by atoms with E-state index < -0.39 is 0 Å². The lowest BCUT2D eigenvalue weighted by atomic mass is 10.2. The topological polar surface area (TPSA) is 50.8 Å². The molecule has 0 bridgehead atoms. The van der Waals surface area contributed by atoms with Crippen LogP contribution in [0.3, 0.4) is 0 Å². The third-order valence-corrected chi connectivity index (χ3v) is 4.17. The molecule has 0 unspecified atom stereocenters. The second-order valence-corrected chi connectivity index (χ2v) is 6.15. The van der Waals surface area contributed by atoms with Crippen LogP contribution in [-0.4, -0.2) is 50.2 Å². The maximum Gasteiger partial charge on any atom is 0.251 e. The highest BCUT2D eigenvalue weighted by Gasteiger charge is 2.11. The van der Waals surface area contributed by atoms with Gasteiger partial charge in [0, 0.05) is 31.7 Å². The van der Waals surface area contributed by atoms with Gasteiger partial charge in [-0.2, -0.15) is 0 Å². The maximum absolute atomic E-state index is 12.3. The van der Waals surface area contributed by atoms with Gasteiger partial charge in [0.25, 0.3) is 5.91 Å². The minimum absolute atomic E-state index is 0.0809. The number of rotatable bonds is 6. The minimum atomic E-state index is -0.0809. The first-order chi connectivity index (χ1) is 12.2. The van der Waals surface area contributed by atoms with Gasteiger partial charge in [0.1, 0.15) is 11.5 Å². The lowest BCUT2D eigenvalue weighted by molar-refractivity contribution is 0.0383. The molecule has 5 nitrogen and oxygen atoms in total. The molecule has 1 aliphatic heterocycles. The predicted molar refractivity (Wildman–Crippen MR) is 97.3 cm³/mol. The van der Waals surface area contributed by atoms with E-state index in [0.29, 0.717) is 17.9 Å². The zero-order valence-corrected chi connectivity index (χ0v) is 14.5. The number of morpholine rings is 1. The number of nitrogens with zero attached hydrogens (tertiary/aromatic N) is 1. The molecule has 0 spiro atoms. The summed E-state index contributed by atoms with van der Waals surface area (Å²) in [6.45, 7) is 6.90. The lowest BCUT2D eigenvalue weighted by Crippen LogP contribution is -2.41. The summed E-state index contributed by atoms with van der Waals surface area (Å²) in [5.74, 6) is 1.34. The van der Waals surface area contributed by atoms with Gasteiger partial charge in [0.15, 0.2) is 0 Å². The molecule has 0 aromatic heterocycles. The number of hydrogen-bond acceptors (Lipinski definition) is 4. The molecule has 5 heteroatoms. The number of carbonyl (C=O) groups excluding carboxylic acids is 1. The van der Waals surface area contributed by atoms with Gasteiger partial charge in [-0.25, -0.2) is 0 Å². The van der Waals surface area contributed by atoms with E-state index in [0.717, 1.165) is 38.6 Å². The van der Waals surface area contributed by atoms with Gasteiger partial charge in [-0.1, -0.05) is 23.8 Å². The third-order valence-electron chi connectivity index (χ3n) is 4.17. The molecule has 0 atom stereocenters. The van der Waals surface area contributed by atoms with E-state index >= 15 is 0 Å². The Morgan fingerprint density at radius 2 is 1.88 bits per heavy atom. The Kier molecular flexibility index (Phi) is 6.04. The largest absolute Gasteiger partial charge is 0.457 e. The van der Waals surface area contributed by atoms with Gasteiger partial charge >= 0.3 is 0 Å². The van der Waals surface area contributed by atoms with Gasteiger partial charge in [-0.15, -0.1) is 0 Å². The Bertz CT molecular complexity index is 694. The summed E-state index contributed by atoms with van der Waals surface area (Å²) in [4.78, 5) is 14.6. The molecule has 2 aromatic rings. The second kappa shape index (κ2) is 8.65. The van der Waals surface area contributed by atoms with E-state index in [9.17, 15) is 4.79 Å². The summed E-state index contributed by atoms with van der Waals surface area (Å²) < 4.78 is 11.1. The van der Waals surface area contributed by atoms with Crippen LogP contribution in [0.25, 0.3) is 0 Å². The average Bonchev–Trinajstić information content (AvgIpc) is 2.65. The molecule has 1 heterocycles. The molecule has 25 heavy (non-hydrogen) atoms. The average molecular weight is 340 g/mol. The zero-order valence-electron chi connectivity index (χ0n) is 14.5. The fourth-order valence-corrected chi connectivity index (χ4v) is 2.70. The highest BCUT2D eigenvalue weighted by molar-refractivity contribution is 5.94. The van der Waals surface area contributed by atoms with Crippen molar-refractivity contribution in [2.45, 2.75) is 6.92 Å². The molecule has 0 saturated carbocycles. The van der Waals surface area contributed by atoms with Gasteiger partial charge < -0.3 is 14.8 Å². The van der Waals surface area contributed by atoms with E-state index in [-0.39, 0.29) is 5.91 Å². The van der Waals surface area contributed by atoms with Crippen molar-refractivity contribution in [2.75, 3.05) is 39.4 Å². The molecule has 2 aromatic carbocycles. The van der Waals surface area contributed by atoms with Crippen LogP contribution < -0.4 is 10.1 Å². The minimum Gasteiger partial charge on any atom is -0.457 e. The van der Waals surface area contributed by atoms with Crippen molar-refractivity contribution >= 4 is 5.91 Å². The van der Waals surface area contributed by atoms with Crippen LogP contribution in [0.2, 0.25) is 0 Å². The van der Waals surface area contributed by atoms with Crippen LogP contribution in [0.15, 0.2) is 48.5 Å². The van der Waals surface area contributed by atoms with Crippen molar-refractivity contribution in [3.63, 3.8) is 0 Å². The van der Waals surface area contributed by atoms with E-state index in [1.54, 1.807) is 12.1 Å². The van der Waals surface area contributed by atoms with Gasteiger partial charge in [-0.05, 0) is 37.3 Å². The quantitative estimate of drug-likeness (QED) is 0.878. The van der Waals surface area contributed by atoms with Crippen LogP contribution in [0.5, 0.6) is 11.5 Å². The first kappa shape index (κ1) is 17.5. The SMILES string of the molecule is Cc1ccc(Oc2cccc(C(=O)NCCN3CCOCC3)c2)cc1. The summed E-state index contributed by atoms with van der Waals surface area (Å²) in [7, 11) is 0. The zero-order chi connectivity index (χ0) is 17.5. The fourth-order valence-electron chi connectivity index (χ4n) is 2.70. The number of hydrogen-bond donors (Lipinski definition) is 1. The van der Waals surface area contributed by atoms with Crippen molar-refractivity contribution in [1.29, 1.82) is 0 Å². The summed E-state index contributed by atoms with van der Waals surface area (Å²) in [6.07, 6.45) is 0. The highest BCUT2D eigenvalue weighted by atomic mass is 16.5. The molecule has 132 valence electrons. The highest BCUT2D eigenvalue weighted by Crippen LogP contribution is 2.22. The number of aryl methyl sites for hydroxylation is 1. The molecule has 0 radical (unpaired) electrons. The summed E-state index contributed by atoms with van der Waals surface area (Å²) >= 11 is 0. The van der Waals surface area contributed by atoms with E-state index in [1.807, 2.05) is 43.3 Å². The molecule has 1 amide bonds. The van der Waals surface area contributed by atoms with Crippen LogP contribution in [0.1, 0.15) is 15.9 Å². The summed E-state index contributed by atoms with van der Waals surface area (Å²) in [6, 6.07) is 15.1. The molecule has 0 aliphatic carbocycles. The van der Waals surface area contributed by atoms with Crippen molar-refractivity contribution in [3.05, 3.63) is 59.7 Å². The van der Waals surface area contributed by atoms with Crippen LogP contribution >= 0.6 is 0 Å². The first-order valence-corrected chi connectivity index (χ1v) is 8.63. The molecular formula is C20H24N2O3. The number of ether oxygens (including phenoxy) is 2. The van der Waals surface area contributed by atoms with Crippen LogP contribution in [-0.2, 0) is 4.74 Å². The Balaban J connectivity index is 1.52. The molecule has 1 saturated heterocycles. The predicted octanol–water partition coefficient (Wildman–Crippen LogP) is 2.85. The van der Waals surface area contributed by atoms with E-state index in [4.69, 9.17) is 9.47 Å². The van der Waals surface area contributed by atoms with Crippen molar-refractivity contribution < 1.29 is 14.3 Å². The Morgan fingerprint density at radius 3 is 2.64 bits per heavy atom. The van der Waals surface area contributed by atoms with Gasteiger partial charge in [-0.3, -0.25) is 9.69 Å². The fraction of sp³-hybridized carbons (Fsp3) is 0.350. The number of nitrogens with one attached hydrogen (secondary N) is 1. The van der Waals surface area contributed by atoms with Gasteiger partial charge in [0.2, 0.25) is 0 Å².